The van der Waals surface area contributed by atoms with E-state index in [0.29, 0.717) is 0 Å². The van der Waals surface area contributed by atoms with Gasteiger partial charge in [-0.05, 0) is 12.2 Å². The first-order valence-electron chi connectivity index (χ1n) is 2.54. The molecule has 0 N–H and O–H groups in total. The Morgan fingerprint density at radius 3 is 2.50 bits per heavy atom. The summed E-state index contributed by atoms with van der Waals surface area (Å²) in [6.45, 7) is 0. The van der Waals surface area contributed by atoms with Crippen molar-refractivity contribution >= 4 is 23.3 Å². The predicted molar refractivity (Wildman–Crippen MR) is 35.2 cm³/mol. The number of carbonyl (C=O) groups is 2. The highest BCUT2D eigenvalue weighted by atomic mass is 35.5. The van der Waals surface area contributed by atoms with Crippen molar-refractivity contribution in [3.63, 3.8) is 0 Å². The van der Waals surface area contributed by atoms with Gasteiger partial charge in [0.2, 0.25) is 4.84 Å². The number of nitrogens with zero attached hydrogens (tertiary/aromatic N) is 1. The Kier molecular flexibility index (Phi) is 1.99. The van der Waals surface area contributed by atoms with E-state index in [1.165, 1.54) is 6.08 Å². The van der Waals surface area contributed by atoms with E-state index in [2.05, 4.69) is 4.84 Å². The SMILES string of the molecule is O=C1C=CC(=O)C([N+]Cl)=C1. The third kappa shape index (κ3) is 1.32. The lowest BCUT2D eigenvalue weighted by molar-refractivity contribution is -0.114. The summed E-state index contributed by atoms with van der Waals surface area (Å²) in [4.78, 5) is 24.3. The topological polar surface area (TPSA) is 48.2 Å². The van der Waals surface area contributed by atoms with Crippen molar-refractivity contribution in [3.8, 4) is 0 Å². The van der Waals surface area contributed by atoms with Gasteiger partial charge in [-0.1, -0.05) is 0 Å². The highest BCUT2D eigenvalue weighted by molar-refractivity contribution is 6.23. The van der Waals surface area contributed by atoms with Crippen molar-refractivity contribution < 1.29 is 9.59 Å². The molecule has 10 heavy (non-hydrogen) atoms. The van der Waals surface area contributed by atoms with Crippen LogP contribution >= 0.6 is 11.8 Å². The molecule has 2 radical (unpaired) electrons. The summed E-state index contributed by atoms with van der Waals surface area (Å²) in [5.74, 6) is -0.603. The van der Waals surface area contributed by atoms with Crippen LogP contribution in [-0.2, 0) is 9.59 Å². The maximum absolute atomic E-state index is 10.7. The van der Waals surface area contributed by atoms with E-state index < -0.39 is 0 Å². The molecule has 0 aromatic heterocycles. The summed E-state index contributed by atoms with van der Waals surface area (Å²) in [6, 6.07) is 0. The normalized spacial score (nSPS) is 17.5. The first kappa shape index (κ1) is 7.18. The van der Waals surface area contributed by atoms with Gasteiger partial charge in [-0.15, -0.1) is 0 Å². The van der Waals surface area contributed by atoms with E-state index in [1.807, 2.05) is 0 Å². The molecule has 0 spiro atoms. The zero-order chi connectivity index (χ0) is 7.56. The molecule has 0 heterocycles. The highest BCUT2D eigenvalue weighted by Gasteiger charge is 2.24. The smallest absolute Gasteiger partial charge is 0.290 e. The molecular weight excluding hydrogens is 154 g/mol. The van der Waals surface area contributed by atoms with Gasteiger partial charge in [0.25, 0.3) is 5.78 Å². The van der Waals surface area contributed by atoms with Crippen molar-refractivity contribution in [3.05, 3.63) is 23.9 Å². The van der Waals surface area contributed by atoms with Gasteiger partial charge in [0.15, 0.2) is 5.78 Å². The Morgan fingerprint density at radius 1 is 1.30 bits per heavy atom. The average molecular weight is 157 g/mol. The number of carbonyl (C=O) groups excluding carboxylic acids is 2. The van der Waals surface area contributed by atoms with E-state index >= 15 is 0 Å². The molecule has 0 amide bonds. The number of halogens is 1. The van der Waals surface area contributed by atoms with Crippen LogP contribution in [0.1, 0.15) is 0 Å². The van der Waals surface area contributed by atoms with Crippen LogP contribution in [-0.4, -0.2) is 11.6 Å². The van der Waals surface area contributed by atoms with Gasteiger partial charge in [-0.3, -0.25) is 9.59 Å². The molecular formula is C6H3ClNO2+. The quantitative estimate of drug-likeness (QED) is 0.514. The molecule has 1 aliphatic carbocycles. The predicted octanol–water partition coefficient (Wildman–Crippen LogP) is 0.336. The second-order valence-electron chi connectivity index (χ2n) is 1.71. The summed E-state index contributed by atoms with van der Waals surface area (Å²) >= 11 is 4.99. The molecule has 1 aliphatic rings. The first-order chi connectivity index (χ1) is 4.74. The molecule has 1 rings (SSSR count). The van der Waals surface area contributed by atoms with Crippen LogP contribution in [0.5, 0.6) is 0 Å². The van der Waals surface area contributed by atoms with Crippen molar-refractivity contribution in [2.24, 2.45) is 0 Å². The van der Waals surface area contributed by atoms with Gasteiger partial charge in [-0.25, -0.2) is 0 Å². The molecule has 0 saturated carbocycles. The maximum atomic E-state index is 10.7. The van der Waals surface area contributed by atoms with Gasteiger partial charge >= 0.3 is 17.5 Å². The number of hydrogen-bond donors (Lipinski definition) is 0. The first-order valence-corrected chi connectivity index (χ1v) is 2.88. The van der Waals surface area contributed by atoms with Gasteiger partial charge in [-0.2, -0.15) is 0 Å². The Bertz CT molecular complexity index is 242. The van der Waals surface area contributed by atoms with Crippen LogP contribution in [0.2, 0.25) is 0 Å². The maximum Gasteiger partial charge on any atom is 0.324 e. The van der Waals surface area contributed by atoms with Crippen LogP contribution in [0.4, 0.5) is 0 Å². The summed E-state index contributed by atoms with van der Waals surface area (Å²) < 4.78 is 0. The summed E-state index contributed by atoms with van der Waals surface area (Å²) in [7, 11) is 0. The molecule has 4 heteroatoms. The van der Waals surface area contributed by atoms with Crippen LogP contribution in [0.3, 0.4) is 0 Å². The Labute approximate surface area is 62.5 Å². The van der Waals surface area contributed by atoms with Crippen molar-refractivity contribution in [1.29, 1.82) is 0 Å². The zero-order valence-corrected chi connectivity index (χ0v) is 5.63. The number of ketones is 2. The van der Waals surface area contributed by atoms with Crippen molar-refractivity contribution in [2.75, 3.05) is 0 Å². The van der Waals surface area contributed by atoms with Crippen molar-refractivity contribution in [2.45, 2.75) is 0 Å². The minimum absolute atomic E-state index is 0.00540. The van der Waals surface area contributed by atoms with Crippen molar-refractivity contribution in [1.82, 2.24) is 4.84 Å². The average Bonchev–Trinajstić information content (AvgIpc) is 1.94. The zero-order valence-electron chi connectivity index (χ0n) is 4.87. The van der Waals surface area contributed by atoms with Gasteiger partial charge < -0.3 is 0 Å². The third-order valence-corrected chi connectivity index (χ3v) is 1.20. The van der Waals surface area contributed by atoms with Crippen LogP contribution in [0, 0.1) is 0 Å². The van der Waals surface area contributed by atoms with Gasteiger partial charge in [0, 0.05) is 0 Å². The summed E-state index contributed by atoms with van der Waals surface area (Å²) in [5.41, 5.74) is -0.00540. The minimum Gasteiger partial charge on any atom is -0.290 e. The molecule has 0 aromatic carbocycles. The molecule has 0 aromatic rings. The largest absolute Gasteiger partial charge is 0.324 e. The summed E-state index contributed by atoms with van der Waals surface area (Å²) in [5, 5.41) is 0. The van der Waals surface area contributed by atoms with Crippen LogP contribution in [0.25, 0.3) is 0 Å². The fraction of sp³-hybridized carbons (Fsp3) is 0. The fourth-order valence-electron chi connectivity index (χ4n) is 0.563. The summed E-state index contributed by atoms with van der Waals surface area (Å²) in [6.07, 6.45) is 3.41. The van der Waals surface area contributed by atoms with Gasteiger partial charge in [0.05, 0.1) is 6.08 Å². The molecule has 3 nitrogen and oxygen atoms in total. The molecule has 0 atom stereocenters. The molecule has 0 fully saturated rings. The lowest BCUT2D eigenvalue weighted by Gasteiger charge is -1.89. The highest BCUT2D eigenvalue weighted by Crippen LogP contribution is 2.03. The van der Waals surface area contributed by atoms with Crippen LogP contribution in [0.15, 0.2) is 23.9 Å². The van der Waals surface area contributed by atoms with E-state index in [4.69, 9.17) is 11.8 Å². The molecule has 0 bridgehead atoms. The molecule has 50 valence electrons. The number of allylic oxidation sites excluding steroid dienone is 3. The number of rotatable bonds is 1. The Hall–Kier alpha value is -0.930. The van der Waals surface area contributed by atoms with Crippen LogP contribution < -0.4 is 4.84 Å². The van der Waals surface area contributed by atoms with E-state index in [1.54, 1.807) is 0 Å². The Morgan fingerprint density at radius 2 is 2.00 bits per heavy atom. The van der Waals surface area contributed by atoms with E-state index in [0.717, 1.165) is 12.2 Å². The van der Waals surface area contributed by atoms with E-state index in [9.17, 15) is 9.59 Å². The number of hydrogen-bond acceptors (Lipinski definition) is 2. The third-order valence-electron chi connectivity index (χ3n) is 1.02. The molecule has 0 unspecified atom stereocenters. The van der Waals surface area contributed by atoms with E-state index in [-0.39, 0.29) is 17.3 Å². The second kappa shape index (κ2) is 2.77. The molecule has 0 saturated heterocycles. The molecule has 0 aliphatic heterocycles. The lowest BCUT2D eigenvalue weighted by atomic mass is 10.1. The van der Waals surface area contributed by atoms with Gasteiger partial charge in [0.1, 0.15) is 0 Å². The second-order valence-corrected chi connectivity index (χ2v) is 1.88. The lowest BCUT2D eigenvalue weighted by Crippen LogP contribution is -2.11. The minimum atomic E-state index is -0.338. The monoisotopic (exact) mass is 156 g/mol. The standard InChI is InChI=1S/C6H3ClNO2/c7-8-5-3-4(9)1-2-6(5)10/h1-3H/q+1. The Balaban J connectivity index is 2.89. The fourth-order valence-corrected chi connectivity index (χ4v) is 0.695.